The van der Waals surface area contributed by atoms with Crippen molar-refractivity contribution >= 4 is 22.6 Å². The summed E-state index contributed by atoms with van der Waals surface area (Å²) >= 11 is 0. The number of benzene rings is 3. The number of aryl methyl sites for hydroxylation is 1. The maximum absolute atomic E-state index is 12.7. The normalized spacial score (nSPS) is 10.8. The van der Waals surface area contributed by atoms with Gasteiger partial charge in [0, 0.05) is 11.3 Å². The Bertz CT molecular complexity index is 1150. The Balaban J connectivity index is 1.55. The quantitative estimate of drug-likeness (QED) is 0.536. The molecule has 0 aliphatic heterocycles. The molecule has 0 aliphatic rings. The lowest BCUT2D eigenvalue weighted by atomic mass is 10.1. The molecule has 1 heterocycles. The molecule has 4 rings (SSSR count). The minimum atomic E-state index is -0.155. The predicted molar refractivity (Wildman–Crippen MR) is 113 cm³/mol. The lowest BCUT2D eigenvalue weighted by Crippen LogP contribution is -2.13. The van der Waals surface area contributed by atoms with Gasteiger partial charge < -0.3 is 10.1 Å². The van der Waals surface area contributed by atoms with Crippen molar-refractivity contribution in [1.29, 1.82) is 0 Å². The van der Waals surface area contributed by atoms with Crippen molar-refractivity contribution in [2.45, 2.75) is 19.9 Å². The van der Waals surface area contributed by atoms with Crippen molar-refractivity contribution < 1.29 is 9.53 Å². The Morgan fingerprint density at radius 3 is 2.62 bits per heavy atom. The minimum Gasteiger partial charge on any atom is -0.497 e. The average Bonchev–Trinajstić information content (AvgIpc) is 3.16. The third-order valence-corrected chi connectivity index (χ3v) is 4.91. The zero-order valence-electron chi connectivity index (χ0n) is 16.4. The molecule has 0 radical (unpaired) electrons. The van der Waals surface area contributed by atoms with Crippen LogP contribution in [0.2, 0.25) is 0 Å². The van der Waals surface area contributed by atoms with E-state index in [1.165, 1.54) is 0 Å². The molecule has 0 spiro atoms. The van der Waals surface area contributed by atoms with Gasteiger partial charge in [0.1, 0.15) is 11.3 Å². The molecule has 1 N–H and O–H groups in total. The monoisotopic (exact) mass is 386 g/mol. The highest BCUT2D eigenvalue weighted by Crippen LogP contribution is 2.20. The first-order valence-electron chi connectivity index (χ1n) is 9.53. The Hall–Kier alpha value is -3.67. The van der Waals surface area contributed by atoms with E-state index in [2.05, 4.69) is 22.6 Å². The number of hydrogen-bond donors (Lipinski definition) is 1. The van der Waals surface area contributed by atoms with Crippen LogP contribution in [-0.4, -0.2) is 28.0 Å². The third-order valence-electron chi connectivity index (χ3n) is 4.91. The van der Waals surface area contributed by atoms with E-state index >= 15 is 0 Å². The van der Waals surface area contributed by atoms with Crippen LogP contribution in [0, 0.1) is 0 Å². The fourth-order valence-electron chi connectivity index (χ4n) is 3.28. The highest BCUT2D eigenvalue weighted by molar-refractivity contribution is 6.06. The topological polar surface area (TPSA) is 69.0 Å². The van der Waals surface area contributed by atoms with Crippen LogP contribution in [0.4, 0.5) is 5.69 Å². The van der Waals surface area contributed by atoms with Gasteiger partial charge >= 0.3 is 0 Å². The van der Waals surface area contributed by atoms with E-state index in [0.29, 0.717) is 17.6 Å². The molecule has 0 atom stereocenters. The molecule has 4 aromatic rings. The number of fused-ring (bicyclic) bond motifs is 1. The average molecular weight is 386 g/mol. The number of carbonyl (C=O) groups excluding carboxylic acids is 1. The first kappa shape index (κ1) is 18.7. The van der Waals surface area contributed by atoms with Gasteiger partial charge in [-0.1, -0.05) is 42.5 Å². The molecule has 1 aromatic heterocycles. The van der Waals surface area contributed by atoms with E-state index < -0.39 is 0 Å². The fraction of sp³-hybridized carbons (Fsp3) is 0.174. The molecule has 0 bridgehead atoms. The molecule has 3 aromatic carbocycles. The van der Waals surface area contributed by atoms with Crippen LogP contribution in [0.25, 0.3) is 11.0 Å². The van der Waals surface area contributed by atoms with Crippen LogP contribution in [0.1, 0.15) is 28.4 Å². The number of para-hydroxylation sites is 1. The predicted octanol–water partition coefficient (Wildman–Crippen LogP) is 4.30. The Labute approximate surface area is 169 Å². The van der Waals surface area contributed by atoms with Crippen LogP contribution in [0.3, 0.4) is 0 Å². The Kier molecular flexibility index (Phi) is 5.24. The second-order valence-corrected chi connectivity index (χ2v) is 6.76. The van der Waals surface area contributed by atoms with Crippen molar-refractivity contribution in [3.8, 4) is 5.75 Å². The van der Waals surface area contributed by atoms with E-state index in [4.69, 9.17) is 4.74 Å². The van der Waals surface area contributed by atoms with Crippen LogP contribution < -0.4 is 10.1 Å². The number of rotatable bonds is 6. The maximum Gasteiger partial charge on any atom is 0.255 e. The summed E-state index contributed by atoms with van der Waals surface area (Å²) in [5, 5.41) is 11.5. The maximum atomic E-state index is 12.7. The van der Waals surface area contributed by atoms with Crippen LogP contribution in [0.5, 0.6) is 5.75 Å². The molecule has 0 saturated carbocycles. The first-order chi connectivity index (χ1) is 14.2. The number of aromatic nitrogens is 3. The fourth-order valence-corrected chi connectivity index (χ4v) is 3.28. The lowest BCUT2D eigenvalue weighted by Gasteiger charge is -2.09. The van der Waals surface area contributed by atoms with Crippen molar-refractivity contribution in [1.82, 2.24) is 15.0 Å². The number of methoxy groups -OCH3 is 1. The van der Waals surface area contributed by atoms with Crippen molar-refractivity contribution in [2.24, 2.45) is 0 Å². The molecular weight excluding hydrogens is 364 g/mol. The molecule has 6 nitrogen and oxygen atoms in total. The SMILES string of the molecule is CCc1ccccc1NC(=O)c1ccc2c(c1)nnn2Cc1ccc(OC)cc1. The van der Waals surface area contributed by atoms with Gasteiger partial charge in [-0.25, -0.2) is 4.68 Å². The van der Waals surface area contributed by atoms with Gasteiger partial charge in [0.15, 0.2) is 0 Å². The standard InChI is InChI=1S/C23H22N4O2/c1-3-17-6-4-5-7-20(17)24-23(28)18-10-13-22-21(14-18)25-26-27(22)15-16-8-11-19(29-2)12-9-16/h4-14H,3,15H2,1-2H3,(H,24,28). The summed E-state index contributed by atoms with van der Waals surface area (Å²) in [5.41, 5.74) is 5.16. The van der Waals surface area contributed by atoms with E-state index in [0.717, 1.165) is 34.5 Å². The zero-order valence-corrected chi connectivity index (χ0v) is 16.4. The number of nitrogens with zero attached hydrogens (tertiary/aromatic N) is 3. The smallest absolute Gasteiger partial charge is 0.255 e. The molecule has 0 fully saturated rings. The van der Waals surface area contributed by atoms with Gasteiger partial charge in [-0.05, 0) is 53.9 Å². The van der Waals surface area contributed by atoms with Gasteiger partial charge in [-0.2, -0.15) is 0 Å². The number of anilines is 1. The lowest BCUT2D eigenvalue weighted by molar-refractivity contribution is 0.102. The molecule has 1 amide bonds. The summed E-state index contributed by atoms with van der Waals surface area (Å²) < 4.78 is 7.02. The van der Waals surface area contributed by atoms with Gasteiger partial charge in [0.2, 0.25) is 0 Å². The van der Waals surface area contributed by atoms with Crippen LogP contribution in [-0.2, 0) is 13.0 Å². The van der Waals surface area contributed by atoms with Gasteiger partial charge in [0.05, 0.1) is 19.2 Å². The van der Waals surface area contributed by atoms with Crippen LogP contribution in [0.15, 0.2) is 66.7 Å². The second kappa shape index (κ2) is 8.14. The third kappa shape index (κ3) is 3.96. The summed E-state index contributed by atoms with van der Waals surface area (Å²) in [6.07, 6.45) is 0.856. The van der Waals surface area contributed by atoms with E-state index in [9.17, 15) is 4.79 Å². The zero-order chi connectivity index (χ0) is 20.2. The van der Waals surface area contributed by atoms with Crippen molar-refractivity contribution in [3.63, 3.8) is 0 Å². The number of ether oxygens (including phenoxy) is 1. The highest BCUT2D eigenvalue weighted by atomic mass is 16.5. The Morgan fingerprint density at radius 2 is 1.86 bits per heavy atom. The number of nitrogens with one attached hydrogen (secondary N) is 1. The Morgan fingerprint density at radius 1 is 1.07 bits per heavy atom. The summed E-state index contributed by atoms with van der Waals surface area (Å²) in [7, 11) is 1.65. The molecule has 146 valence electrons. The summed E-state index contributed by atoms with van der Waals surface area (Å²) in [4.78, 5) is 12.7. The van der Waals surface area contributed by atoms with Crippen molar-refractivity contribution in [3.05, 3.63) is 83.4 Å². The van der Waals surface area contributed by atoms with Gasteiger partial charge in [-0.3, -0.25) is 4.79 Å². The molecule has 29 heavy (non-hydrogen) atoms. The van der Waals surface area contributed by atoms with Crippen LogP contribution >= 0.6 is 0 Å². The van der Waals surface area contributed by atoms with E-state index in [-0.39, 0.29) is 5.91 Å². The molecule has 6 heteroatoms. The second-order valence-electron chi connectivity index (χ2n) is 6.76. The largest absolute Gasteiger partial charge is 0.497 e. The molecule has 0 aliphatic carbocycles. The molecule has 0 saturated heterocycles. The number of hydrogen-bond acceptors (Lipinski definition) is 4. The van der Waals surface area contributed by atoms with Gasteiger partial charge in [-0.15, -0.1) is 5.10 Å². The number of carbonyl (C=O) groups is 1. The number of amides is 1. The molecule has 0 unspecified atom stereocenters. The van der Waals surface area contributed by atoms with Gasteiger partial charge in [0.25, 0.3) is 5.91 Å². The highest BCUT2D eigenvalue weighted by Gasteiger charge is 2.12. The molecular formula is C23H22N4O2. The van der Waals surface area contributed by atoms with Crippen molar-refractivity contribution in [2.75, 3.05) is 12.4 Å². The minimum absolute atomic E-state index is 0.155. The summed E-state index contributed by atoms with van der Waals surface area (Å²) in [6, 6.07) is 21.1. The van der Waals surface area contributed by atoms with E-state index in [1.807, 2.05) is 59.3 Å². The summed E-state index contributed by atoms with van der Waals surface area (Å²) in [6.45, 7) is 2.66. The van der Waals surface area contributed by atoms with E-state index in [1.54, 1.807) is 19.2 Å². The first-order valence-corrected chi connectivity index (χ1v) is 9.53. The summed E-state index contributed by atoms with van der Waals surface area (Å²) in [5.74, 6) is 0.662.